The van der Waals surface area contributed by atoms with E-state index in [1.165, 1.54) is 0 Å². The zero-order chi connectivity index (χ0) is 11.3. The van der Waals surface area contributed by atoms with E-state index in [-0.39, 0.29) is 24.2 Å². The Morgan fingerprint density at radius 2 is 2.00 bits per heavy atom. The first-order chi connectivity index (χ1) is 7.13. The number of benzene rings is 1. The van der Waals surface area contributed by atoms with E-state index in [0.29, 0.717) is 6.42 Å². The molecule has 1 aromatic carbocycles. The van der Waals surface area contributed by atoms with Gasteiger partial charge >= 0.3 is 0 Å². The second kappa shape index (κ2) is 5.59. The maximum atomic E-state index is 13.1. The van der Waals surface area contributed by atoms with Gasteiger partial charge in [-0.3, -0.25) is 4.79 Å². The van der Waals surface area contributed by atoms with E-state index in [4.69, 9.17) is 0 Å². The molecular formula is C12H14F2O. The predicted octanol–water partition coefficient (Wildman–Crippen LogP) is 3.27. The van der Waals surface area contributed by atoms with Gasteiger partial charge in [-0.05, 0) is 36.6 Å². The molecule has 0 aliphatic rings. The third kappa shape index (κ3) is 3.78. The topological polar surface area (TPSA) is 17.1 Å². The average molecular weight is 212 g/mol. The fourth-order valence-corrected chi connectivity index (χ4v) is 1.41. The van der Waals surface area contributed by atoms with Crippen LogP contribution in [0.5, 0.6) is 0 Å². The summed E-state index contributed by atoms with van der Waals surface area (Å²) in [6, 6.07) is 3.32. The molecule has 3 heteroatoms. The molecule has 82 valence electrons. The number of ketones is 1. The number of halogens is 2. The van der Waals surface area contributed by atoms with Crippen LogP contribution in [0.1, 0.15) is 31.7 Å². The van der Waals surface area contributed by atoms with Crippen molar-refractivity contribution in [3.63, 3.8) is 0 Å². The fourth-order valence-electron chi connectivity index (χ4n) is 1.41. The molecule has 0 atom stereocenters. The Morgan fingerprint density at radius 1 is 1.27 bits per heavy atom. The van der Waals surface area contributed by atoms with Crippen LogP contribution in [0.25, 0.3) is 0 Å². The molecule has 0 saturated heterocycles. The van der Waals surface area contributed by atoms with Crippen LogP contribution < -0.4 is 0 Å². The number of rotatable bonds is 5. The molecule has 1 rings (SSSR count). The van der Waals surface area contributed by atoms with Crippen LogP contribution in [0.15, 0.2) is 18.2 Å². The molecular weight excluding hydrogens is 198 g/mol. The minimum Gasteiger partial charge on any atom is -0.300 e. The largest absolute Gasteiger partial charge is 0.300 e. The summed E-state index contributed by atoms with van der Waals surface area (Å²) >= 11 is 0. The second-order valence-electron chi connectivity index (χ2n) is 3.52. The van der Waals surface area contributed by atoms with Gasteiger partial charge in [-0.25, -0.2) is 8.78 Å². The molecule has 0 N–H and O–H groups in total. The van der Waals surface area contributed by atoms with Gasteiger partial charge in [0.25, 0.3) is 0 Å². The van der Waals surface area contributed by atoms with Gasteiger partial charge < -0.3 is 0 Å². The first-order valence-corrected chi connectivity index (χ1v) is 5.09. The van der Waals surface area contributed by atoms with Crippen molar-refractivity contribution in [3.05, 3.63) is 35.4 Å². The van der Waals surface area contributed by atoms with E-state index >= 15 is 0 Å². The lowest BCUT2D eigenvalue weighted by molar-refractivity contribution is -0.119. The number of carbonyl (C=O) groups excluding carboxylic acids is 1. The van der Waals surface area contributed by atoms with E-state index in [2.05, 4.69) is 0 Å². The molecule has 0 fully saturated rings. The predicted molar refractivity (Wildman–Crippen MR) is 54.6 cm³/mol. The van der Waals surface area contributed by atoms with Crippen LogP contribution in [0.3, 0.4) is 0 Å². The molecule has 0 heterocycles. The summed E-state index contributed by atoms with van der Waals surface area (Å²) in [5, 5.41) is 0. The lowest BCUT2D eigenvalue weighted by Gasteiger charge is -2.02. The normalized spacial score (nSPS) is 10.3. The summed E-state index contributed by atoms with van der Waals surface area (Å²) in [6.45, 7) is 1.92. The number of aryl methyl sites for hydroxylation is 1. The van der Waals surface area contributed by atoms with Gasteiger partial charge in [-0.1, -0.05) is 6.92 Å². The molecule has 0 spiro atoms. The minimum atomic E-state index is -0.464. The van der Waals surface area contributed by atoms with Crippen LogP contribution in [0.2, 0.25) is 0 Å². The Bertz CT molecular complexity index is 347. The minimum absolute atomic E-state index is 0.0983. The molecule has 1 nitrogen and oxygen atoms in total. The SMILES string of the molecule is CCCC(=O)CCc1cc(F)ccc1F. The first kappa shape index (κ1) is 11.8. The highest BCUT2D eigenvalue weighted by molar-refractivity contribution is 5.78. The summed E-state index contributed by atoms with van der Waals surface area (Å²) in [6.07, 6.45) is 1.87. The Morgan fingerprint density at radius 3 is 2.67 bits per heavy atom. The molecule has 0 aromatic heterocycles. The van der Waals surface area contributed by atoms with Crippen molar-refractivity contribution in [3.8, 4) is 0 Å². The highest BCUT2D eigenvalue weighted by Crippen LogP contribution is 2.12. The van der Waals surface area contributed by atoms with E-state index in [9.17, 15) is 13.6 Å². The van der Waals surface area contributed by atoms with E-state index in [1.54, 1.807) is 0 Å². The molecule has 0 unspecified atom stereocenters. The zero-order valence-corrected chi connectivity index (χ0v) is 8.72. The Kier molecular flexibility index (Phi) is 4.40. The molecule has 0 aliphatic heterocycles. The third-order valence-electron chi connectivity index (χ3n) is 2.21. The quantitative estimate of drug-likeness (QED) is 0.732. The van der Waals surface area contributed by atoms with Crippen molar-refractivity contribution < 1.29 is 13.6 Å². The summed E-state index contributed by atoms with van der Waals surface area (Å²) in [5.41, 5.74) is 0.277. The van der Waals surface area contributed by atoms with Crippen molar-refractivity contribution in [1.29, 1.82) is 0 Å². The first-order valence-electron chi connectivity index (χ1n) is 5.09. The van der Waals surface area contributed by atoms with Gasteiger partial charge in [0.1, 0.15) is 17.4 Å². The van der Waals surface area contributed by atoms with Crippen molar-refractivity contribution in [2.45, 2.75) is 32.6 Å². The molecule has 0 bridgehead atoms. The summed E-state index contributed by atoms with van der Waals surface area (Å²) in [5.74, 6) is -0.809. The Hall–Kier alpha value is -1.25. The van der Waals surface area contributed by atoms with Crippen molar-refractivity contribution in [2.24, 2.45) is 0 Å². The Labute approximate surface area is 88.1 Å². The van der Waals surface area contributed by atoms with Crippen LogP contribution in [-0.2, 0) is 11.2 Å². The smallest absolute Gasteiger partial charge is 0.133 e. The fraction of sp³-hybridized carbons (Fsp3) is 0.417. The molecule has 0 amide bonds. The van der Waals surface area contributed by atoms with Gasteiger partial charge in [-0.15, -0.1) is 0 Å². The summed E-state index contributed by atoms with van der Waals surface area (Å²) in [7, 11) is 0. The summed E-state index contributed by atoms with van der Waals surface area (Å²) in [4.78, 5) is 11.2. The lowest BCUT2D eigenvalue weighted by Crippen LogP contribution is -2.01. The molecule has 0 aliphatic carbocycles. The van der Waals surface area contributed by atoms with Crippen molar-refractivity contribution in [1.82, 2.24) is 0 Å². The van der Waals surface area contributed by atoms with Crippen LogP contribution in [-0.4, -0.2) is 5.78 Å². The molecule has 0 saturated carbocycles. The highest BCUT2D eigenvalue weighted by Gasteiger charge is 2.06. The number of Topliss-reactive ketones (excluding diaryl/α,β-unsaturated/α-hetero) is 1. The van der Waals surface area contributed by atoms with Crippen LogP contribution >= 0.6 is 0 Å². The average Bonchev–Trinajstić information content (AvgIpc) is 2.20. The van der Waals surface area contributed by atoms with Gasteiger partial charge in [0, 0.05) is 12.8 Å². The number of hydrogen-bond acceptors (Lipinski definition) is 1. The standard InChI is InChI=1S/C12H14F2O/c1-2-3-11(15)6-4-9-8-10(13)5-7-12(9)14/h5,7-8H,2-4,6H2,1H3. The van der Waals surface area contributed by atoms with Crippen molar-refractivity contribution >= 4 is 5.78 Å². The van der Waals surface area contributed by atoms with Crippen molar-refractivity contribution in [2.75, 3.05) is 0 Å². The van der Waals surface area contributed by atoms with E-state index < -0.39 is 11.6 Å². The maximum absolute atomic E-state index is 13.1. The summed E-state index contributed by atoms with van der Waals surface area (Å²) < 4.78 is 25.9. The molecule has 15 heavy (non-hydrogen) atoms. The van der Waals surface area contributed by atoms with Crippen LogP contribution in [0.4, 0.5) is 8.78 Å². The zero-order valence-electron chi connectivity index (χ0n) is 8.72. The Balaban J connectivity index is 2.57. The maximum Gasteiger partial charge on any atom is 0.133 e. The third-order valence-corrected chi connectivity index (χ3v) is 2.21. The monoisotopic (exact) mass is 212 g/mol. The molecule has 1 aromatic rings. The number of hydrogen-bond donors (Lipinski definition) is 0. The second-order valence-corrected chi connectivity index (χ2v) is 3.52. The van der Waals surface area contributed by atoms with Gasteiger partial charge in [0.2, 0.25) is 0 Å². The van der Waals surface area contributed by atoms with Gasteiger partial charge in [0.05, 0.1) is 0 Å². The lowest BCUT2D eigenvalue weighted by atomic mass is 10.0. The van der Waals surface area contributed by atoms with Crippen LogP contribution in [0, 0.1) is 11.6 Å². The van der Waals surface area contributed by atoms with Gasteiger partial charge in [-0.2, -0.15) is 0 Å². The van der Waals surface area contributed by atoms with E-state index in [0.717, 1.165) is 24.6 Å². The molecule has 0 radical (unpaired) electrons. The highest BCUT2D eigenvalue weighted by atomic mass is 19.1. The van der Waals surface area contributed by atoms with E-state index in [1.807, 2.05) is 6.92 Å². The van der Waals surface area contributed by atoms with Gasteiger partial charge in [0.15, 0.2) is 0 Å². The number of carbonyl (C=O) groups is 1.